The number of nitrogens with zero attached hydrogens (tertiary/aromatic N) is 2. The van der Waals surface area contributed by atoms with Crippen LogP contribution >= 0.6 is 0 Å². The zero-order chi connectivity index (χ0) is 12.7. The first-order valence-corrected chi connectivity index (χ1v) is 6.96. The van der Waals surface area contributed by atoms with E-state index in [1.165, 1.54) is 6.42 Å². The molecule has 2 fully saturated rings. The van der Waals surface area contributed by atoms with Gasteiger partial charge in [0.2, 0.25) is 5.91 Å². The third kappa shape index (κ3) is 2.16. The van der Waals surface area contributed by atoms with E-state index in [9.17, 15) is 4.79 Å². The summed E-state index contributed by atoms with van der Waals surface area (Å²) in [6.45, 7) is 2.72. The monoisotopic (exact) mass is 247 g/mol. The minimum absolute atomic E-state index is 0.244. The second-order valence-corrected chi connectivity index (χ2v) is 5.77. The smallest absolute Gasteiger partial charge is 0.223 e. The van der Waals surface area contributed by atoms with Crippen LogP contribution in [-0.4, -0.2) is 15.7 Å². The fourth-order valence-electron chi connectivity index (χ4n) is 3.28. The number of aromatic nitrogens is 2. The summed E-state index contributed by atoms with van der Waals surface area (Å²) >= 11 is 0. The summed E-state index contributed by atoms with van der Waals surface area (Å²) in [5.74, 6) is 2.25. The van der Waals surface area contributed by atoms with E-state index in [4.69, 9.17) is 0 Å². The van der Waals surface area contributed by atoms with Gasteiger partial charge in [-0.25, -0.2) is 0 Å². The summed E-state index contributed by atoms with van der Waals surface area (Å²) in [4.78, 5) is 12.1. The lowest BCUT2D eigenvalue weighted by atomic mass is 10.0. The molecule has 0 aliphatic heterocycles. The van der Waals surface area contributed by atoms with Crippen LogP contribution in [0.25, 0.3) is 0 Å². The van der Waals surface area contributed by atoms with E-state index >= 15 is 0 Å². The molecule has 2 aliphatic rings. The maximum atomic E-state index is 12.1. The Labute approximate surface area is 108 Å². The van der Waals surface area contributed by atoms with Gasteiger partial charge in [-0.05, 0) is 37.5 Å². The van der Waals surface area contributed by atoms with Crippen LogP contribution in [0, 0.1) is 17.8 Å². The quantitative estimate of drug-likeness (QED) is 0.879. The molecule has 2 unspecified atom stereocenters. The Hall–Kier alpha value is -1.32. The summed E-state index contributed by atoms with van der Waals surface area (Å²) in [6, 6.07) is 0. The van der Waals surface area contributed by atoms with Crippen molar-refractivity contribution in [1.29, 1.82) is 0 Å². The summed E-state index contributed by atoms with van der Waals surface area (Å²) in [5, 5.41) is 7.47. The molecule has 4 nitrogen and oxygen atoms in total. The van der Waals surface area contributed by atoms with Gasteiger partial charge in [0.1, 0.15) is 0 Å². The first-order valence-electron chi connectivity index (χ1n) is 6.96. The summed E-state index contributed by atoms with van der Waals surface area (Å²) in [5.41, 5.74) is 2.24. The largest absolute Gasteiger partial charge is 0.352 e. The van der Waals surface area contributed by atoms with Gasteiger partial charge < -0.3 is 5.32 Å². The number of fused-ring (bicyclic) bond motifs is 1. The van der Waals surface area contributed by atoms with Crippen LogP contribution in [0.15, 0.2) is 6.20 Å². The number of amides is 1. The third-order valence-electron chi connectivity index (χ3n) is 4.39. The molecule has 1 aromatic heterocycles. The molecule has 2 atom stereocenters. The highest BCUT2D eigenvalue weighted by Gasteiger charge is 2.47. The molecule has 0 bridgehead atoms. The first kappa shape index (κ1) is 11.8. The van der Waals surface area contributed by atoms with Gasteiger partial charge in [0.15, 0.2) is 0 Å². The van der Waals surface area contributed by atoms with Crippen LogP contribution in [-0.2, 0) is 24.8 Å². The summed E-state index contributed by atoms with van der Waals surface area (Å²) in [6.07, 6.45) is 6.52. The Balaban J connectivity index is 1.55. The van der Waals surface area contributed by atoms with Crippen LogP contribution in [0.1, 0.15) is 37.4 Å². The Morgan fingerprint density at radius 2 is 2.17 bits per heavy atom. The van der Waals surface area contributed by atoms with Crippen molar-refractivity contribution in [2.75, 3.05) is 0 Å². The fraction of sp³-hybridized carbons (Fsp3) is 0.714. The van der Waals surface area contributed by atoms with Crippen LogP contribution in [0.2, 0.25) is 0 Å². The van der Waals surface area contributed by atoms with Crippen molar-refractivity contribution < 1.29 is 4.79 Å². The van der Waals surface area contributed by atoms with E-state index in [2.05, 4.69) is 17.3 Å². The van der Waals surface area contributed by atoms with Gasteiger partial charge in [-0.2, -0.15) is 5.10 Å². The molecule has 0 radical (unpaired) electrons. The number of hydrogen-bond donors (Lipinski definition) is 1. The lowest BCUT2D eigenvalue weighted by Gasteiger charge is -2.12. The van der Waals surface area contributed by atoms with Gasteiger partial charge in [0, 0.05) is 31.3 Å². The standard InChI is InChI=1S/C14H21N3O/c1-3-13-12(8-17(2)16-13)7-15-14(18)11-5-9-4-10(9)6-11/h8-11H,3-7H2,1-2H3,(H,15,18). The van der Waals surface area contributed by atoms with Crippen molar-refractivity contribution >= 4 is 5.91 Å². The topological polar surface area (TPSA) is 46.9 Å². The SMILES string of the molecule is CCc1nn(C)cc1CNC(=O)C1CC2CC2C1. The number of hydrogen-bond acceptors (Lipinski definition) is 2. The predicted octanol–water partition coefficient (Wildman–Crippen LogP) is 1.64. The van der Waals surface area contributed by atoms with E-state index < -0.39 is 0 Å². The van der Waals surface area contributed by atoms with Gasteiger partial charge >= 0.3 is 0 Å². The van der Waals surface area contributed by atoms with Gasteiger partial charge in [0.25, 0.3) is 0 Å². The lowest BCUT2D eigenvalue weighted by Crippen LogP contribution is -2.29. The molecular weight excluding hydrogens is 226 g/mol. The van der Waals surface area contributed by atoms with Crippen molar-refractivity contribution in [3.63, 3.8) is 0 Å². The first-order chi connectivity index (χ1) is 8.67. The molecule has 2 saturated carbocycles. The van der Waals surface area contributed by atoms with Crippen molar-refractivity contribution in [3.05, 3.63) is 17.5 Å². The van der Waals surface area contributed by atoms with E-state index in [0.29, 0.717) is 6.54 Å². The van der Waals surface area contributed by atoms with Gasteiger partial charge in [-0.3, -0.25) is 9.48 Å². The number of aryl methyl sites for hydroxylation is 2. The fourth-order valence-corrected chi connectivity index (χ4v) is 3.28. The molecule has 0 saturated heterocycles. The minimum Gasteiger partial charge on any atom is -0.352 e. The van der Waals surface area contributed by atoms with Crippen LogP contribution in [0.3, 0.4) is 0 Å². The maximum absolute atomic E-state index is 12.1. The second-order valence-electron chi connectivity index (χ2n) is 5.77. The van der Waals surface area contributed by atoms with E-state index in [0.717, 1.165) is 42.4 Å². The average molecular weight is 247 g/mol. The molecule has 3 rings (SSSR count). The van der Waals surface area contributed by atoms with E-state index in [1.54, 1.807) is 0 Å². The predicted molar refractivity (Wildman–Crippen MR) is 68.8 cm³/mol. The number of carbonyl (C=O) groups is 1. The number of rotatable bonds is 4. The van der Waals surface area contributed by atoms with Crippen molar-refractivity contribution in [2.45, 2.75) is 39.2 Å². The highest BCUT2D eigenvalue weighted by atomic mass is 16.1. The molecular formula is C14H21N3O. The van der Waals surface area contributed by atoms with Crippen LogP contribution < -0.4 is 5.32 Å². The normalized spacial score (nSPS) is 29.1. The number of carbonyl (C=O) groups excluding carboxylic acids is 1. The maximum Gasteiger partial charge on any atom is 0.223 e. The zero-order valence-corrected chi connectivity index (χ0v) is 11.1. The summed E-state index contributed by atoms with van der Waals surface area (Å²) < 4.78 is 1.82. The highest BCUT2D eigenvalue weighted by molar-refractivity contribution is 5.79. The van der Waals surface area contributed by atoms with Crippen molar-refractivity contribution in [2.24, 2.45) is 24.8 Å². The van der Waals surface area contributed by atoms with E-state index in [-0.39, 0.29) is 11.8 Å². The van der Waals surface area contributed by atoms with Gasteiger partial charge in [-0.1, -0.05) is 6.92 Å². The Morgan fingerprint density at radius 1 is 1.44 bits per heavy atom. The lowest BCUT2D eigenvalue weighted by molar-refractivity contribution is -0.125. The molecule has 1 heterocycles. The van der Waals surface area contributed by atoms with Gasteiger partial charge in [0.05, 0.1) is 5.69 Å². The van der Waals surface area contributed by atoms with Crippen molar-refractivity contribution in [1.82, 2.24) is 15.1 Å². The molecule has 4 heteroatoms. The molecule has 1 N–H and O–H groups in total. The van der Waals surface area contributed by atoms with Crippen LogP contribution in [0.4, 0.5) is 0 Å². The molecule has 2 aliphatic carbocycles. The Kier molecular flexibility index (Phi) is 2.88. The minimum atomic E-state index is 0.244. The third-order valence-corrected chi connectivity index (χ3v) is 4.39. The average Bonchev–Trinajstić information content (AvgIpc) is 2.82. The zero-order valence-electron chi connectivity index (χ0n) is 11.1. The molecule has 1 aromatic rings. The molecule has 0 aromatic carbocycles. The highest BCUT2D eigenvalue weighted by Crippen LogP contribution is 2.54. The Morgan fingerprint density at radius 3 is 2.83 bits per heavy atom. The molecule has 1 amide bonds. The van der Waals surface area contributed by atoms with Gasteiger partial charge in [-0.15, -0.1) is 0 Å². The van der Waals surface area contributed by atoms with Crippen LogP contribution in [0.5, 0.6) is 0 Å². The second kappa shape index (κ2) is 4.41. The molecule has 98 valence electrons. The Bertz CT molecular complexity index is 456. The molecule has 18 heavy (non-hydrogen) atoms. The summed E-state index contributed by atoms with van der Waals surface area (Å²) in [7, 11) is 1.93. The van der Waals surface area contributed by atoms with Crippen molar-refractivity contribution in [3.8, 4) is 0 Å². The van der Waals surface area contributed by atoms with E-state index in [1.807, 2.05) is 17.9 Å². The molecule has 0 spiro atoms. The number of nitrogens with one attached hydrogen (secondary N) is 1.